The van der Waals surface area contributed by atoms with Crippen LogP contribution in [0.1, 0.15) is 31.4 Å². The maximum absolute atomic E-state index is 9.48. The van der Waals surface area contributed by atoms with E-state index in [1.165, 1.54) is 6.08 Å². The molecule has 1 aromatic carbocycles. The second-order valence-corrected chi connectivity index (χ2v) is 3.45. The van der Waals surface area contributed by atoms with Crippen molar-refractivity contribution in [2.75, 3.05) is 6.61 Å². The summed E-state index contributed by atoms with van der Waals surface area (Å²) in [7, 11) is 0. The summed E-state index contributed by atoms with van der Waals surface area (Å²) in [6.07, 6.45) is 3.12. The van der Waals surface area contributed by atoms with Gasteiger partial charge >= 0.3 is 0 Å². The largest absolute Gasteiger partial charge is 0.494 e. The molecule has 0 spiro atoms. The third-order valence-corrected chi connectivity index (χ3v) is 2.21. The molecule has 0 saturated heterocycles. The van der Waals surface area contributed by atoms with Crippen molar-refractivity contribution in [1.82, 2.24) is 0 Å². The molecule has 0 aliphatic heterocycles. The minimum atomic E-state index is -0.588. The van der Waals surface area contributed by atoms with E-state index in [4.69, 9.17) is 4.74 Å². The van der Waals surface area contributed by atoms with E-state index in [0.717, 1.165) is 30.8 Å². The average molecular weight is 206 g/mol. The van der Waals surface area contributed by atoms with Crippen molar-refractivity contribution in [3.63, 3.8) is 0 Å². The first-order chi connectivity index (χ1) is 7.27. The Morgan fingerprint density at radius 3 is 2.60 bits per heavy atom. The van der Waals surface area contributed by atoms with Crippen LogP contribution in [0.4, 0.5) is 0 Å². The van der Waals surface area contributed by atoms with Crippen molar-refractivity contribution in [2.45, 2.75) is 25.9 Å². The van der Waals surface area contributed by atoms with E-state index in [1.807, 2.05) is 24.3 Å². The highest BCUT2D eigenvalue weighted by atomic mass is 16.5. The van der Waals surface area contributed by atoms with Gasteiger partial charge in [-0.1, -0.05) is 31.6 Å². The molecule has 1 atom stereocenters. The van der Waals surface area contributed by atoms with Crippen molar-refractivity contribution >= 4 is 0 Å². The number of unbranched alkanes of at least 4 members (excludes halogenated alkanes) is 1. The Balaban J connectivity index is 2.52. The van der Waals surface area contributed by atoms with Gasteiger partial charge in [0.15, 0.2) is 0 Å². The number of ether oxygens (including phenoxy) is 1. The standard InChI is InChI=1S/C13H18O2/c1-3-5-10-15-12-8-6-11(7-9-12)13(14)4-2/h4,6-9,13-14H,2-3,5,10H2,1H3. The van der Waals surface area contributed by atoms with Gasteiger partial charge in [-0.2, -0.15) is 0 Å². The highest BCUT2D eigenvalue weighted by Gasteiger charge is 2.01. The maximum Gasteiger partial charge on any atom is 0.119 e. The fourth-order valence-electron chi connectivity index (χ4n) is 1.23. The zero-order chi connectivity index (χ0) is 11.1. The van der Waals surface area contributed by atoms with Crippen molar-refractivity contribution < 1.29 is 9.84 Å². The van der Waals surface area contributed by atoms with Crippen LogP contribution in [0.3, 0.4) is 0 Å². The Labute approximate surface area is 91.2 Å². The molecule has 1 unspecified atom stereocenters. The van der Waals surface area contributed by atoms with Crippen LogP contribution in [0, 0.1) is 0 Å². The Hall–Kier alpha value is -1.28. The van der Waals surface area contributed by atoms with Crippen LogP contribution in [0.25, 0.3) is 0 Å². The van der Waals surface area contributed by atoms with Crippen molar-refractivity contribution in [1.29, 1.82) is 0 Å². The van der Waals surface area contributed by atoms with E-state index >= 15 is 0 Å². The number of aliphatic hydroxyl groups excluding tert-OH is 1. The van der Waals surface area contributed by atoms with Crippen LogP contribution < -0.4 is 4.74 Å². The molecule has 1 aromatic rings. The SMILES string of the molecule is C=CC(O)c1ccc(OCCCC)cc1. The van der Waals surface area contributed by atoms with Gasteiger partial charge in [0.25, 0.3) is 0 Å². The lowest BCUT2D eigenvalue weighted by atomic mass is 10.1. The molecular weight excluding hydrogens is 188 g/mol. The lowest BCUT2D eigenvalue weighted by molar-refractivity contribution is 0.229. The van der Waals surface area contributed by atoms with E-state index in [9.17, 15) is 5.11 Å². The molecule has 0 saturated carbocycles. The normalized spacial score (nSPS) is 12.1. The van der Waals surface area contributed by atoms with E-state index < -0.39 is 6.10 Å². The molecule has 15 heavy (non-hydrogen) atoms. The van der Waals surface area contributed by atoms with E-state index in [0.29, 0.717) is 0 Å². The average Bonchev–Trinajstić information content (AvgIpc) is 2.29. The molecule has 0 aliphatic carbocycles. The zero-order valence-corrected chi connectivity index (χ0v) is 9.15. The van der Waals surface area contributed by atoms with Gasteiger partial charge in [0.2, 0.25) is 0 Å². The van der Waals surface area contributed by atoms with Gasteiger partial charge in [-0.05, 0) is 24.1 Å². The van der Waals surface area contributed by atoms with Gasteiger partial charge in [0.1, 0.15) is 5.75 Å². The molecule has 0 radical (unpaired) electrons. The lowest BCUT2D eigenvalue weighted by Gasteiger charge is -2.08. The van der Waals surface area contributed by atoms with Crippen LogP contribution in [0.2, 0.25) is 0 Å². The highest BCUT2D eigenvalue weighted by Crippen LogP contribution is 2.18. The highest BCUT2D eigenvalue weighted by molar-refractivity contribution is 5.29. The third-order valence-electron chi connectivity index (χ3n) is 2.21. The van der Waals surface area contributed by atoms with Crippen LogP contribution in [-0.2, 0) is 0 Å². The molecule has 0 fully saturated rings. The predicted molar refractivity (Wildman–Crippen MR) is 62.0 cm³/mol. The van der Waals surface area contributed by atoms with Crippen molar-refractivity contribution in [2.24, 2.45) is 0 Å². The summed E-state index contributed by atoms with van der Waals surface area (Å²) in [6, 6.07) is 7.46. The number of rotatable bonds is 6. The van der Waals surface area contributed by atoms with Gasteiger partial charge in [-0.3, -0.25) is 0 Å². The second kappa shape index (κ2) is 6.25. The zero-order valence-electron chi connectivity index (χ0n) is 9.15. The monoisotopic (exact) mass is 206 g/mol. The molecule has 0 amide bonds. The molecule has 1 N–H and O–H groups in total. The number of aliphatic hydroxyl groups is 1. The summed E-state index contributed by atoms with van der Waals surface area (Å²) in [6.45, 7) is 6.42. The first-order valence-electron chi connectivity index (χ1n) is 5.31. The first-order valence-corrected chi connectivity index (χ1v) is 5.31. The summed E-state index contributed by atoms with van der Waals surface area (Å²) in [5.74, 6) is 0.850. The lowest BCUT2D eigenvalue weighted by Crippen LogP contribution is -1.97. The predicted octanol–water partition coefficient (Wildman–Crippen LogP) is 3.08. The fraction of sp³-hybridized carbons (Fsp3) is 0.385. The van der Waals surface area contributed by atoms with Crippen molar-refractivity contribution in [3.8, 4) is 5.75 Å². The van der Waals surface area contributed by atoms with Gasteiger partial charge in [-0.15, -0.1) is 6.58 Å². The summed E-state index contributed by atoms with van der Waals surface area (Å²) >= 11 is 0. The minimum absolute atomic E-state index is 0.588. The van der Waals surface area contributed by atoms with Gasteiger partial charge in [0, 0.05) is 0 Å². The first kappa shape index (κ1) is 11.8. The molecule has 2 nitrogen and oxygen atoms in total. The van der Waals surface area contributed by atoms with E-state index in [-0.39, 0.29) is 0 Å². The fourth-order valence-corrected chi connectivity index (χ4v) is 1.23. The Morgan fingerprint density at radius 1 is 1.40 bits per heavy atom. The number of hydrogen-bond acceptors (Lipinski definition) is 2. The molecule has 82 valence electrons. The molecule has 0 bridgehead atoms. The Kier molecular flexibility index (Phi) is 4.91. The quantitative estimate of drug-likeness (QED) is 0.572. The van der Waals surface area contributed by atoms with Crippen LogP contribution in [0.5, 0.6) is 5.75 Å². The Bertz CT molecular complexity index is 290. The summed E-state index contributed by atoms with van der Waals surface area (Å²) in [5.41, 5.74) is 0.841. The second-order valence-electron chi connectivity index (χ2n) is 3.45. The van der Waals surface area contributed by atoms with Crippen LogP contribution in [0.15, 0.2) is 36.9 Å². The molecule has 0 heterocycles. The molecule has 0 aromatic heterocycles. The summed E-state index contributed by atoms with van der Waals surface area (Å²) in [4.78, 5) is 0. The topological polar surface area (TPSA) is 29.5 Å². The molecular formula is C13H18O2. The van der Waals surface area contributed by atoms with Gasteiger partial charge < -0.3 is 9.84 Å². The number of hydrogen-bond donors (Lipinski definition) is 1. The molecule has 0 aliphatic rings. The van der Waals surface area contributed by atoms with Crippen LogP contribution in [-0.4, -0.2) is 11.7 Å². The molecule has 2 heteroatoms. The maximum atomic E-state index is 9.48. The van der Waals surface area contributed by atoms with Crippen molar-refractivity contribution in [3.05, 3.63) is 42.5 Å². The summed E-state index contributed by atoms with van der Waals surface area (Å²) < 4.78 is 5.51. The minimum Gasteiger partial charge on any atom is -0.494 e. The smallest absolute Gasteiger partial charge is 0.119 e. The van der Waals surface area contributed by atoms with Gasteiger partial charge in [-0.25, -0.2) is 0 Å². The van der Waals surface area contributed by atoms with Gasteiger partial charge in [0.05, 0.1) is 12.7 Å². The Morgan fingerprint density at radius 2 is 2.07 bits per heavy atom. The number of benzene rings is 1. The van der Waals surface area contributed by atoms with E-state index in [2.05, 4.69) is 13.5 Å². The summed E-state index contributed by atoms with van der Waals surface area (Å²) in [5, 5.41) is 9.48. The third kappa shape index (κ3) is 3.76. The van der Waals surface area contributed by atoms with E-state index in [1.54, 1.807) is 0 Å². The molecule has 1 rings (SSSR count). The van der Waals surface area contributed by atoms with Crippen LogP contribution >= 0.6 is 0 Å².